The third kappa shape index (κ3) is 2.43. The molecular formula is C12H13NOS. The first-order valence-corrected chi connectivity index (χ1v) is 5.63. The number of hydrogen-bond donors (Lipinski definition) is 2. The number of benzene rings is 1. The zero-order valence-electron chi connectivity index (χ0n) is 8.53. The van der Waals surface area contributed by atoms with Crippen LogP contribution < -0.4 is 0 Å². The summed E-state index contributed by atoms with van der Waals surface area (Å²) in [6.45, 7) is 2.18. The Hall–Kier alpha value is -1.19. The summed E-state index contributed by atoms with van der Waals surface area (Å²) in [7, 11) is 0. The minimum absolute atomic E-state index is 0.0881. The molecule has 0 aliphatic carbocycles. The highest BCUT2D eigenvalue weighted by atomic mass is 32.2. The first-order valence-electron chi connectivity index (χ1n) is 4.81. The lowest BCUT2D eigenvalue weighted by Gasteiger charge is -2.02. The number of nitrogens with one attached hydrogen (secondary N) is 1. The summed E-state index contributed by atoms with van der Waals surface area (Å²) in [4.78, 5) is 4.38. The zero-order chi connectivity index (χ0) is 10.7. The summed E-state index contributed by atoms with van der Waals surface area (Å²) in [5, 5.41) is 10.0. The summed E-state index contributed by atoms with van der Waals surface area (Å²) in [5.74, 6) is 0. The van der Waals surface area contributed by atoms with Gasteiger partial charge in [-0.25, -0.2) is 0 Å². The fraction of sp³-hybridized carbons (Fsp3) is 0.167. The molecule has 3 heteroatoms. The van der Waals surface area contributed by atoms with Crippen LogP contribution in [0, 0.1) is 6.92 Å². The number of rotatable bonds is 3. The molecule has 0 unspecified atom stereocenters. The molecule has 0 radical (unpaired) electrons. The molecule has 2 aromatic rings. The molecule has 0 atom stereocenters. The minimum atomic E-state index is 0.0881. The third-order valence-corrected chi connectivity index (χ3v) is 3.35. The Kier molecular flexibility index (Phi) is 3.14. The Morgan fingerprint density at radius 2 is 2.13 bits per heavy atom. The summed E-state index contributed by atoms with van der Waals surface area (Å²) in [6.07, 6.45) is 1.83. The van der Waals surface area contributed by atoms with E-state index in [9.17, 15) is 0 Å². The normalized spacial score (nSPS) is 10.5. The SMILES string of the molecule is Cc1ccccc1Sc1cc(CO)c[nH]1. The van der Waals surface area contributed by atoms with E-state index in [4.69, 9.17) is 5.11 Å². The molecule has 0 saturated heterocycles. The highest BCUT2D eigenvalue weighted by molar-refractivity contribution is 7.99. The molecule has 1 heterocycles. The van der Waals surface area contributed by atoms with Gasteiger partial charge in [-0.2, -0.15) is 0 Å². The molecule has 1 aromatic heterocycles. The van der Waals surface area contributed by atoms with Crippen LogP contribution in [0.4, 0.5) is 0 Å². The Labute approximate surface area is 93.3 Å². The molecule has 2 nitrogen and oxygen atoms in total. The summed E-state index contributed by atoms with van der Waals surface area (Å²) in [5.41, 5.74) is 2.19. The van der Waals surface area contributed by atoms with Gasteiger partial charge in [0.25, 0.3) is 0 Å². The first-order chi connectivity index (χ1) is 7.29. The maximum Gasteiger partial charge on any atom is 0.0773 e. The van der Waals surface area contributed by atoms with Crippen molar-refractivity contribution in [2.75, 3.05) is 0 Å². The molecule has 0 aliphatic rings. The van der Waals surface area contributed by atoms with Crippen molar-refractivity contribution in [2.45, 2.75) is 23.5 Å². The standard InChI is InChI=1S/C12H13NOS/c1-9-4-2-3-5-11(9)15-12-6-10(8-14)7-13-12/h2-7,13-14H,8H2,1H3. The van der Waals surface area contributed by atoms with Crippen molar-refractivity contribution in [1.82, 2.24) is 4.98 Å². The molecule has 15 heavy (non-hydrogen) atoms. The molecule has 0 saturated carbocycles. The smallest absolute Gasteiger partial charge is 0.0773 e. The fourth-order valence-electron chi connectivity index (χ4n) is 1.36. The van der Waals surface area contributed by atoms with E-state index in [1.165, 1.54) is 10.5 Å². The zero-order valence-corrected chi connectivity index (χ0v) is 9.34. The van der Waals surface area contributed by atoms with E-state index in [-0.39, 0.29) is 6.61 Å². The van der Waals surface area contributed by atoms with E-state index in [1.54, 1.807) is 11.8 Å². The van der Waals surface area contributed by atoms with Crippen molar-refractivity contribution < 1.29 is 5.11 Å². The van der Waals surface area contributed by atoms with Crippen LogP contribution in [-0.4, -0.2) is 10.1 Å². The first kappa shape index (κ1) is 10.3. The van der Waals surface area contributed by atoms with Gasteiger partial charge in [0.1, 0.15) is 0 Å². The van der Waals surface area contributed by atoms with Gasteiger partial charge >= 0.3 is 0 Å². The van der Waals surface area contributed by atoms with Gasteiger partial charge in [0.15, 0.2) is 0 Å². The predicted molar refractivity (Wildman–Crippen MR) is 62.0 cm³/mol. The van der Waals surface area contributed by atoms with E-state index in [1.807, 2.05) is 24.4 Å². The molecule has 1 aromatic carbocycles. The number of aliphatic hydroxyl groups is 1. The van der Waals surface area contributed by atoms with Crippen LogP contribution in [0.5, 0.6) is 0 Å². The molecule has 0 fully saturated rings. The van der Waals surface area contributed by atoms with Crippen LogP contribution in [0.15, 0.2) is 46.5 Å². The summed E-state index contributed by atoms with van der Waals surface area (Å²) in [6, 6.07) is 10.2. The number of aromatic nitrogens is 1. The van der Waals surface area contributed by atoms with E-state index in [0.717, 1.165) is 10.6 Å². The van der Waals surface area contributed by atoms with Gasteiger partial charge in [0.05, 0.1) is 11.6 Å². The van der Waals surface area contributed by atoms with Crippen molar-refractivity contribution in [3.05, 3.63) is 47.7 Å². The molecule has 0 bridgehead atoms. The molecule has 0 amide bonds. The van der Waals surface area contributed by atoms with Crippen LogP contribution in [0.3, 0.4) is 0 Å². The summed E-state index contributed by atoms with van der Waals surface area (Å²) < 4.78 is 0. The van der Waals surface area contributed by atoms with Crippen LogP contribution in [-0.2, 0) is 6.61 Å². The predicted octanol–water partition coefficient (Wildman–Crippen LogP) is 2.97. The Balaban J connectivity index is 2.18. The van der Waals surface area contributed by atoms with Gasteiger partial charge in [-0.05, 0) is 30.2 Å². The van der Waals surface area contributed by atoms with Crippen LogP contribution in [0.1, 0.15) is 11.1 Å². The molecule has 2 rings (SSSR count). The third-order valence-electron chi connectivity index (χ3n) is 2.21. The molecular weight excluding hydrogens is 206 g/mol. The summed E-state index contributed by atoms with van der Waals surface area (Å²) >= 11 is 1.68. The quantitative estimate of drug-likeness (QED) is 0.832. The van der Waals surface area contributed by atoms with Crippen molar-refractivity contribution in [3.8, 4) is 0 Å². The van der Waals surface area contributed by atoms with E-state index >= 15 is 0 Å². The molecule has 0 aliphatic heterocycles. The van der Waals surface area contributed by atoms with Crippen molar-refractivity contribution in [1.29, 1.82) is 0 Å². The Morgan fingerprint density at radius 3 is 2.80 bits per heavy atom. The van der Waals surface area contributed by atoms with Gasteiger partial charge < -0.3 is 10.1 Å². The van der Waals surface area contributed by atoms with Gasteiger partial charge in [-0.15, -0.1) is 0 Å². The van der Waals surface area contributed by atoms with Gasteiger partial charge in [-0.3, -0.25) is 0 Å². The van der Waals surface area contributed by atoms with Gasteiger partial charge in [0.2, 0.25) is 0 Å². The van der Waals surface area contributed by atoms with Crippen LogP contribution in [0.25, 0.3) is 0 Å². The van der Waals surface area contributed by atoms with Crippen molar-refractivity contribution in [3.63, 3.8) is 0 Å². The maximum atomic E-state index is 8.94. The van der Waals surface area contributed by atoms with Crippen molar-refractivity contribution in [2.24, 2.45) is 0 Å². The number of aryl methyl sites for hydroxylation is 1. The highest BCUT2D eigenvalue weighted by Crippen LogP contribution is 2.29. The van der Waals surface area contributed by atoms with Gasteiger partial charge in [-0.1, -0.05) is 30.0 Å². The lowest BCUT2D eigenvalue weighted by molar-refractivity contribution is 0.282. The molecule has 78 valence electrons. The second-order valence-electron chi connectivity index (χ2n) is 3.40. The largest absolute Gasteiger partial charge is 0.392 e. The topological polar surface area (TPSA) is 36.0 Å². The average molecular weight is 219 g/mol. The fourth-order valence-corrected chi connectivity index (χ4v) is 2.30. The minimum Gasteiger partial charge on any atom is -0.392 e. The maximum absolute atomic E-state index is 8.94. The number of aromatic amines is 1. The second-order valence-corrected chi connectivity index (χ2v) is 4.48. The van der Waals surface area contributed by atoms with E-state index in [0.29, 0.717) is 0 Å². The highest BCUT2D eigenvalue weighted by Gasteiger charge is 2.02. The molecule has 2 N–H and O–H groups in total. The lowest BCUT2D eigenvalue weighted by atomic mass is 10.2. The number of H-pyrrole nitrogens is 1. The Bertz CT molecular complexity index is 450. The number of aliphatic hydroxyl groups excluding tert-OH is 1. The average Bonchev–Trinajstić information content (AvgIpc) is 2.69. The second kappa shape index (κ2) is 4.55. The van der Waals surface area contributed by atoms with Crippen molar-refractivity contribution >= 4 is 11.8 Å². The van der Waals surface area contributed by atoms with E-state index < -0.39 is 0 Å². The van der Waals surface area contributed by atoms with Crippen LogP contribution >= 0.6 is 11.8 Å². The van der Waals surface area contributed by atoms with Crippen LogP contribution in [0.2, 0.25) is 0 Å². The van der Waals surface area contributed by atoms with E-state index in [2.05, 4.69) is 24.0 Å². The molecule has 0 spiro atoms. The monoisotopic (exact) mass is 219 g/mol. The lowest BCUT2D eigenvalue weighted by Crippen LogP contribution is -1.78. The van der Waals surface area contributed by atoms with Gasteiger partial charge in [0, 0.05) is 11.1 Å². The number of hydrogen-bond acceptors (Lipinski definition) is 2. The Morgan fingerprint density at radius 1 is 1.33 bits per heavy atom.